The molecule has 1 aliphatic heterocycles. The lowest BCUT2D eigenvalue weighted by Crippen LogP contribution is -2.43. The van der Waals surface area contributed by atoms with Crippen LogP contribution in [0.25, 0.3) is 0 Å². The molecule has 0 atom stereocenters. The molecule has 1 saturated carbocycles. The molecule has 0 bridgehead atoms. The standard InChI is InChI=1S/C43H43N3O5/c1-49-38-22-13-31(14-23-38)16-25-43(48)46(41-12-5-6-27-44-41)36-20-18-33(19-21-36)34-8-7-11-37(29-34)45(35-9-3-2-4-10-35)42(47)26-17-32-15-24-39-40(28-32)51-30-50-39/h2-15,22-24,27-29,33,36H,16-21,25-26,30H2,1H3. The molecule has 1 fully saturated rings. The number of hydrogen-bond donors (Lipinski definition) is 0. The van der Waals surface area contributed by atoms with Crippen LogP contribution in [0.2, 0.25) is 0 Å². The van der Waals surface area contributed by atoms with E-state index in [1.807, 2.05) is 107 Å². The Morgan fingerprint density at radius 2 is 1.41 bits per heavy atom. The first-order valence-corrected chi connectivity index (χ1v) is 17.8. The Hall–Kier alpha value is -5.63. The van der Waals surface area contributed by atoms with Gasteiger partial charge in [-0.1, -0.05) is 54.6 Å². The van der Waals surface area contributed by atoms with Crippen molar-refractivity contribution >= 4 is 29.0 Å². The van der Waals surface area contributed by atoms with Gasteiger partial charge in [0.25, 0.3) is 0 Å². The Kier molecular flexibility index (Phi) is 10.6. The van der Waals surface area contributed by atoms with Crippen LogP contribution in [0.3, 0.4) is 0 Å². The predicted molar refractivity (Wildman–Crippen MR) is 199 cm³/mol. The van der Waals surface area contributed by atoms with Crippen LogP contribution in [0.15, 0.2) is 121 Å². The Morgan fingerprint density at radius 3 is 2.18 bits per heavy atom. The second-order valence-corrected chi connectivity index (χ2v) is 13.2. The molecule has 0 N–H and O–H groups in total. The van der Waals surface area contributed by atoms with Crippen LogP contribution in [0, 0.1) is 0 Å². The zero-order chi connectivity index (χ0) is 35.0. The van der Waals surface area contributed by atoms with E-state index in [0.29, 0.717) is 37.4 Å². The van der Waals surface area contributed by atoms with Gasteiger partial charge in [0.2, 0.25) is 18.6 Å². The van der Waals surface area contributed by atoms with E-state index in [1.165, 1.54) is 5.56 Å². The number of carbonyl (C=O) groups excluding carboxylic acids is 2. The van der Waals surface area contributed by atoms with E-state index in [2.05, 4.69) is 23.2 Å². The van der Waals surface area contributed by atoms with E-state index < -0.39 is 0 Å². The lowest BCUT2D eigenvalue weighted by Gasteiger charge is -2.37. The Bertz CT molecular complexity index is 1930. The average molecular weight is 682 g/mol. The summed E-state index contributed by atoms with van der Waals surface area (Å²) in [6.07, 6.45) is 7.37. The first-order chi connectivity index (χ1) is 25.1. The molecule has 1 aromatic heterocycles. The number of rotatable bonds is 12. The topological polar surface area (TPSA) is 81.2 Å². The van der Waals surface area contributed by atoms with Crippen molar-refractivity contribution in [1.82, 2.24) is 4.98 Å². The summed E-state index contributed by atoms with van der Waals surface area (Å²) in [7, 11) is 1.65. The van der Waals surface area contributed by atoms with Gasteiger partial charge in [0.15, 0.2) is 11.5 Å². The van der Waals surface area contributed by atoms with Crippen molar-refractivity contribution < 1.29 is 23.8 Å². The van der Waals surface area contributed by atoms with Crippen molar-refractivity contribution in [2.75, 3.05) is 23.7 Å². The fourth-order valence-electron chi connectivity index (χ4n) is 7.24. The number of anilines is 3. The minimum Gasteiger partial charge on any atom is -0.497 e. The minimum atomic E-state index is 0.0267. The summed E-state index contributed by atoms with van der Waals surface area (Å²) in [6.45, 7) is 0.226. The van der Waals surface area contributed by atoms with Gasteiger partial charge in [-0.15, -0.1) is 0 Å². The summed E-state index contributed by atoms with van der Waals surface area (Å²) in [5.41, 5.74) is 5.05. The first kappa shape index (κ1) is 33.8. The van der Waals surface area contributed by atoms with Gasteiger partial charge in [-0.2, -0.15) is 0 Å². The Balaban J connectivity index is 1.04. The molecule has 2 heterocycles. The normalized spacial score (nSPS) is 16.3. The molecule has 4 aromatic carbocycles. The number of nitrogens with zero attached hydrogens (tertiary/aromatic N) is 3. The Labute approximate surface area is 299 Å². The van der Waals surface area contributed by atoms with Gasteiger partial charge in [0, 0.05) is 36.5 Å². The predicted octanol–water partition coefficient (Wildman–Crippen LogP) is 8.81. The second kappa shape index (κ2) is 15.9. The summed E-state index contributed by atoms with van der Waals surface area (Å²) >= 11 is 0. The van der Waals surface area contributed by atoms with Crippen molar-refractivity contribution in [3.8, 4) is 17.2 Å². The first-order valence-electron chi connectivity index (χ1n) is 17.8. The van der Waals surface area contributed by atoms with Crippen molar-refractivity contribution in [3.05, 3.63) is 138 Å². The molecule has 0 radical (unpaired) electrons. The summed E-state index contributed by atoms with van der Waals surface area (Å²) < 4.78 is 16.3. The molecule has 2 amide bonds. The smallest absolute Gasteiger partial charge is 0.231 e. The molecular weight excluding hydrogens is 638 g/mol. The van der Waals surface area contributed by atoms with Crippen LogP contribution >= 0.6 is 0 Å². The summed E-state index contributed by atoms with van der Waals surface area (Å²) in [5.74, 6) is 3.42. The lowest BCUT2D eigenvalue weighted by molar-refractivity contribution is -0.119. The highest BCUT2D eigenvalue weighted by Crippen LogP contribution is 2.39. The average Bonchev–Trinajstić information content (AvgIpc) is 3.66. The summed E-state index contributed by atoms with van der Waals surface area (Å²) in [4.78, 5) is 36.1. The lowest BCUT2D eigenvalue weighted by atomic mass is 9.81. The van der Waals surface area contributed by atoms with E-state index in [0.717, 1.165) is 65.4 Å². The van der Waals surface area contributed by atoms with E-state index in [-0.39, 0.29) is 24.6 Å². The molecule has 1 aliphatic carbocycles. The molecule has 8 nitrogen and oxygen atoms in total. The number of pyridine rings is 1. The van der Waals surface area contributed by atoms with Crippen LogP contribution in [-0.2, 0) is 22.4 Å². The number of carbonyl (C=O) groups is 2. The van der Waals surface area contributed by atoms with Crippen LogP contribution in [-0.4, -0.2) is 36.7 Å². The van der Waals surface area contributed by atoms with E-state index in [4.69, 9.17) is 14.2 Å². The molecule has 7 rings (SSSR count). The van der Waals surface area contributed by atoms with Gasteiger partial charge in [0.05, 0.1) is 7.11 Å². The van der Waals surface area contributed by atoms with Crippen LogP contribution < -0.4 is 24.0 Å². The number of methoxy groups -OCH3 is 1. The van der Waals surface area contributed by atoms with Crippen molar-refractivity contribution in [1.29, 1.82) is 0 Å². The number of benzene rings is 4. The third-order valence-corrected chi connectivity index (χ3v) is 9.94. The highest BCUT2D eigenvalue weighted by molar-refractivity contribution is 6.00. The maximum Gasteiger partial charge on any atom is 0.231 e. The SMILES string of the molecule is COc1ccc(CCC(=O)N(c2ccccn2)C2CCC(c3cccc(N(C(=O)CCc4ccc5c(c4)OCO5)c4ccccc4)c3)CC2)cc1. The molecule has 0 spiro atoms. The molecule has 0 saturated heterocycles. The van der Waals surface area contributed by atoms with Crippen LogP contribution in [0.5, 0.6) is 17.2 Å². The van der Waals surface area contributed by atoms with Crippen LogP contribution in [0.4, 0.5) is 17.2 Å². The van der Waals surface area contributed by atoms with Crippen molar-refractivity contribution in [2.24, 2.45) is 0 Å². The van der Waals surface area contributed by atoms with Gasteiger partial charge in [-0.05, 0) is 122 Å². The highest BCUT2D eigenvalue weighted by Gasteiger charge is 2.31. The molecule has 0 unspecified atom stereocenters. The summed E-state index contributed by atoms with van der Waals surface area (Å²) in [6, 6.07) is 37.9. The number of fused-ring (bicyclic) bond motifs is 1. The van der Waals surface area contributed by atoms with E-state index in [1.54, 1.807) is 13.3 Å². The fraction of sp³-hybridized carbons (Fsp3) is 0.279. The van der Waals surface area contributed by atoms with Gasteiger partial charge < -0.3 is 14.2 Å². The zero-order valence-electron chi connectivity index (χ0n) is 28.9. The largest absolute Gasteiger partial charge is 0.497 e. The Morgan fingerprint density at radius 1 is 0.706 bits per heavy atom. The molecule has 260 valence electrons. The highest BCUT2D eigenvalue weighted by atomic mass is 16.7. The van der Waals surface area contributed by atoms with Crippen LogP contribution in [0.1, 0.15) is 61.1 Å². The quantitative estimate of drug-likeness (QED) is 0.131. The van der Waals surface area contributed by atoms with Gasteiger partial charge in [-0.25, -0.2) is 4.98 Å². The number of para-hydroxylation sites is 1. The maximum absolute atomic E-state index is 13.9. The number of aryl methyl sites for hydroxylation is 2. The molecular formula is C43H43N3O5. The molecule has 2 aliphatic rings. The van der Waals surface area contributed by atoms with Crippen molar-refractivity contribution in [2.45, 2.75) is 63.3 Å². The third-order valence-electron chi connectivity index (χ3n) is 9.94. The van der Waals surface area contributed by atoms with Gasteiger partial charge in [0.1, 0.15) is 11.6 Å². The van der Waals surface area contributed by atoms with Gasteiger partial charge in [-0.3, -0.25) is 19.4 Å². The van der Waals surface area contributed by atoms with Gasteiger partial charge >= 0.3 is 0 Å². The molecule has 51 heavy (non-hydrogen) atoms. The number of ether oxygens (including phenoxy) is 3. The monoisotopic (exact) mass is 681 g/mol. The number of amides is 2. The number of aromatic nitrogens is 1. The molecule has 8 heteroatoms. The maximum atomic E-state index is 13.9. The third kappa shape index (κ3) is 8.07. The number of hydrogen-bond acceptors (Lipinski definition) is 6. The summed E-state index contributed by atoms with van der Waals surface area (Å²) in [5, 5.41) is 0. The van der Waals surface area contributed by atoms with E-state index in [9.17, 15) is 9.59 Å². The van der Waals surface area contributed by atoms with E-state index >= 15 is 0 Å². The molecule has 5 aromatic rings. The van der Waals surface area contributed by atoms with Crippen molar-refractivity contribution in [3.63, 3.8) is 0 Å². The minimum absolute atomic E-state index is 0.0267. The zero-order valence-corrected chi connectivity index (χ0v) is 28.9. The fourth-order valence-corrected chi connectivity index (χ4v) is 7.24. The second-order valence-electron chi connectivity index (χ2n) is 13.2.